The second kappa shape index (κ2) is 35.4. The van der Waals surface area contributed by atoms with Crippen molar-refractivity contribution in [3.05, 3.63) is 126 Å². The van der Waals surface area contributed by atoms with E-state index in [1.165, 1.54) is 24.3 Å². The summed E-state index contributed by atoms with van der Waals surface area (Å²) < 4.78 is 42.1. The van der Waals surface area contributed by atoms with E-state index in [4.69, 9.17) is 44.6 Å². The number of nitrogens with one attached hydrogen (secondary N) is 8. The first-order valence-corrected chi connectivity index (χ1v) is 33.7. The van der Waals surface area contributed by atoms with Crippen LogP contribution in [0.5, 0.6) is 17.2 Å². The van der Waals surface area contributed by atoms with E-state index in [9.17, 15) is 85.6 Å². The molecule has 0 spiro atoms. The van der Waals surface area contributed by atoms with E-state index in [-0.39, 0.29) is 35.5 Å². The number of carbonyl (C=O) groups is 6. The Balaban J connectivity index is 0.886. The van der Waals surface area contributed by atoms with Gasteiger partial charge in [0, 0.05) is 18.9 Å². The van der Waals surface area contributed by atoms with E-state index >= 15 is 9.59 Å². The molecule has 0 saturated carbocycles. The third-order valence-corrected chi connectivity index (χ3v) is 18.9. The number of aliphatic hydroxyl groups excluding tert-OH is 13. The van der Waals surface area contributed by atoms with E-state index in [1.807, 2.05) is 30.3 Å². The van der Waals surface area contributed by atoms with Crippen LogP contribution in [0.15, 0.2) is 114 Å². The SMILES string of the molecule is C[C@H](c1ccccc1)[C@H]1NC(=O)CNC(=O)[C@H](CO)NC(=O)[C@@H]([C@H](O)[C@@H]2CNC(N)=[N+]2[C@@H]2O[C@@H](CO)[C@H](O)[C@H](O)[C@@H]2O)NC(=O)[C@H]([C@H](O)[C@@H]2CNC(N)=N2)NC(=O)[C@@H](Cc2ccc(O[C@@H]3O[C@H](CO)[C@H](O[C@@H]4O[C@@H](CO)[C@H](Oc5ccc(OCc6ccccc6)cc5)[C@H](O)[C@@H]4O)C(O)[C@H]3O)cc2)NC1=O. The van der Waals surface area contributed by atoms with Gasteiger partial charge in [-0.1, -0.05) is 79.7 Å². The average molecular weight is 1480 g/mol. The molecule has 4 aromatic carbocycles. The molecule has 105 heavy (non-hydrogen) atoms. The molecule has 38 nitrogen and oxygen atoms in total. The summed E-state index contributed by atoms with van der Waals surface area (Å²) in [4.78, 5) is 91.8. The fourth-order valence-corrected chi connectivity index (χ4v) is 12.9. The van der Waals surface area contributed by atoms with Crippen LogP contribution >= 0.6 is 0 Å². The molecule has 6 heterocycles. The number of hydrogen-bond donors (Lipinski definition) is 23. The summed E-state index contributed by atoms with van der Waals surface area (Å²) in [6, 6.07) is 16.6. The van der Waals surface area contributed by atoms with Gasteiger partial charge in [0.15, 0.2) is 18.4 Å². The number of aliphatic hydroxyl groups is 13. The quantitative estimate of drug-likeness (QED) is 0.0325. The van der Waals surface area contributed by atoms with Crippen LogP contribution in [0.25, 0.3) is 0 Å². The molecule has 38 heteroatoms. The van der Waals surface area contributed by atoms with Crippen molar-refractivity contribution in [2.75, 3.05) is 46.1 Å². The molecular formula is C67H89N12O26+. The van der Waals surface area contributed by atoms with Gasteiger partial charge in [-0.05, 0) is 53.1 Å². The summed E-state index contributed by atoms with van der Waals surface area (Å²) in [5.74, 6) is -8.14. The van der Waals surface area contributed by atoms with E-state index in [2.05, 4.69) is 47.5 Å². The predicted molar refractivity (Wildman–Crippen MR) is 358 cm³/mol. The zero-order valence-corrected chi connectivity index (χ0v) is 56.4. The molecule has 25 N–H and O–H groups in total. The second-order valence-corrected chi connectivity index (χ2v) is 26.0. The van der Waals surface area contributed by atoms with Crippen LogP contribution in [0.4, 0.5) is 0 Å². The van der Waals surface area contributed by atoms with Gasteiger partial charge in [-0.25, -0.2) is 9.57 Å². The third-order valence-electron chi connectivity index (χ3n) is 18.9. The molecule has 0 aromatic heterocycles. The predicted octanol–water partition coefficient (Wildman–Crippen LogP) is -10.6. The normalized spacial score (nSPS) is 34.0. The highest BCUT2D eigenvalue weighted by Crippen LogP contribution is 2.34. The maximum atomic E-state index is 15.2. The van der Waals surface area contributed by atoms with Crippen molar-refractivity contribution in [3.63, 3.8) is 0 Å². The molecule has 4 aromatic rings. The summed E-state index contributed by atoms with van der Waals surface area (Å²) in [6.45, 7) is -3.42. The van der Waals surface area contributed by atoms with Crippen molar-refractivity contribution in [2.45, 2.75) is 172 Å². The molecule has 6 aliphatic heterocycles. The van der Waals surface area contributed by atoms with Crippen molar-refractivity contribution in [1.29, 1.82) is 0 Å². The number of nitrogens with two attached hydrogens (primary N) is 2. The number of aliphatic imine (C=N–C) groups is 1. The fraction of sp³-hybridized carbons (Fsp3) is 0.522. The Bertz CT molecular complexity index is 3670. The smallest absolute Gasteiger partial charge is 0.346 e. The van der Waals surface area contributed by atoms with Crippen LogP contribution in [0, 0.1) is 0 Å². The highest BCUT2D eigenvalue weighted by molar-refractivity contribution is 5.98. The molecular weight excluding hydrogens is 1390 g/mol. The molecule has 4 saturated heterocycles. The Labute approximate surface area is 598 Å². The zero-order chi connectivity index (χ0) is 75.5. The molecule has 6 aliphatic rings. The van der Waals surface area contributed by atoms with Crippen LogP contribution in [0.2, 0.25) is 0 Å². The molecule has 1 unspecified atom stereocenters. The summed E-state index contributed by atoms with van der Waals surface area (Å²) in [5.41, 5.74) is 13.9. The minimum absolute atomic E-state index is 0.0719. The van der Waals surface area contributed by atoms with E-state index in [0.717, 1.165) is 10.1 Å². The van der Waals surface area contributed by atoms with Crippen molar-refractivity contribution in [1.82, 2.24) is 42.5 Å². The average Bonchev–Trinajstić information content (AvgIpc) is 1.76. The summed E-state index contributed by atoms with van der Waals surface area (Å²) >= 11 is 0. The first-order chi connectivity index (χ1) is 50.3. The first-order valence-electron chi connectivity index (χ1n) is 33.7. The van der Waals surface area contributed by atoms with Gasteiger partial charge in [0.05, 0.1) is 39.0 Å². The molecule has 4 fully saturated rings. The Kier molecular flexibility index (Phi) is 26.5. The summed E-state index contributed by atoms with van der Waals surface area (Å²) in [6.07, 6.45) is -31.2. The van der Waals surface area contributed by atoms with Crippen LogP contribution in [-0.4, -0.2) is 311 Å². The minimum atomic E-state index is -2.34. The Morgan fingerprint density at radius 1 is 0.514 bits per heavy atom. The number of ether oxygens (including phenoxy) is 7. The highest BCUT2D eigenvalue weighted by Gasteiger charge is 2.55. The molecule has 6 amide bonds. The van der Waals surface area contributed by atoms with Crippen molar-refractivity contribution < 1.29 is 133 Å². The Hall–Kier alpha value is -9.04. The lowest BCUT2D eigenvalue weighted by Crippen LogP contribution is -2.68. The van der Waals surface area contributed by atoms with Crippen molar-refractivity contribution in [2.24, 2.45) is 16.5 Å². The second-order valence-electron chi connectivity index (χ2n) is 26.0. The monoisotopic (exact) mass is 1480 g/mol. The van der Waals surface area contributed by atoms with E-state index in [1.54, 1.807) is 61.5 Å². The number of hydrogen-bond acceptors (Lipinski definition) is 31. The van der Waals surface area contributed by atoms with Gasteiger partial charge in [0.25, 0.3) is 0 Å². The van der Waals surface area contributed by atoms with Gasteiger partial charge in [-0.2, -0.15) is 0 Å². The Morgan fingerprint density at radius 3 is 1.72 bits per heavy atom. The topological polar surface area (TPSA) is 594 Å². The lowest BCUT2D eigenvalue weighted by atomic mass is 9.92. The van der Waals surface area contributed by atoms with Gasteiger partial charge in [0.2, 0.25) is 48.0 Å². The van der Waals surface area contributed by atoms with Crippen LogP contribution < -0.4 is 68.2 Å². The lowest BCUT2D eigenvalue weighted by Gasteiger charge is -2.46. The number of carbonyl (C=O) groups excluding carboxylic acids is 6. The maximum absolute atomic E-state index is 15.2. The molecule has 25 atom stereocenters. The maximum Gasteiger partial charge on any atom is 0.346 e. The van der Waals surface area contributed by atoms with Gasteiger partial charge < -0.3 is 142 Å². The van der Waals surface area contributed by atoms with Crippen molar-refractivity contribution >= 4 is 47.4 Å². The summed E-state index contributed by atoms with van der Waals surface area (Å²) in [5, 5.41) is 164. The molecule has 0 aliphatic carbocycles. The van der Waals surface area contributed by atoms with Gasteiger partial charge in [-0.15, -0.1) is 0 Å². The van der Waals surface area contributed by atoms with Crippen LogP contribution in [0.1, 0.15) is 29.5 Å². The third kappa shape index (κ3) is 18.4. The van der Waals surface area contributed by atoms with Gasteiger partial charge >= 0.3 is 5.96 Å². The van der Waals surface area contributed by atoms with Gasteiger partial charge in [-0.3, -0.25) is 39.8 Å². The van der Waals surface area contributed by atoms with Crippen LogP contribution in [-0.2, 0) is 60.7 Å². The van der Waals surface area contributed by atoms with Gasteiger partial charge in [0.1, 0.15) is 146 Å². The number of nitrogens with zero attached hydrogens (tertiary/aromatic N) is 2. The number of benzene rings is 4. The first kappa shape index (κ1) is 78.5. The van der Waals surface area contributed by atoms with E-state index < -0.39 is 234 Å². The summed E-state index contributed by atoms with van der Waals surface area (Å²) in [7, 11) is 0. The number of amides is 6. The van der Waals surface area contributed by atoms with Crippen molar-refractivity contribution in [3.8, 4) is 17.2 Å². The number of guanidine groups is 2. The lowest BCUT2D eigenvalue weighted by molar-refractivity contribution is -0.663. The zero-order valence-electron chi connectivity index (χ0n) is 56.4. The molecule has 10 rings (SSSR count). The standard InChI is InChI=1S/C67H88N12O26/c1-29(32-10-6-3-7-11-32)44-60(96)73-36(20-30-12-14-35(15-13-30)101-64-54(92)52(90)57(42(27-83)103-64)105-65-55(93)51(89)56(41(26-82)104-65)100-34-18-16-33(17-19-34)99-28-31-8-4-2-5-9-31)59(95)77-45(47(85)37-21-71-66(68)75-37)62(98)78-46(61(97)74-38(24-80)58(94)70-23-43(84)76-44)48(86)39-22-72-67(69)79(39)63-53(91)50(88)49(87)40(25-81)102-63/h2-19,29,36-42,44-57,63-65,80-83,85-93H,20-28H2,1H3,(H11,68,69,70,71,72,73,74,75,76,77,78,84,94,95,96,97,98)/p+1/t29-,36-,37+,38+,39+,40+,41+,42-,44-,45+,46-,47-,48-,49+,50+,51-,52?,53+,54-,55+,56+,57+,63-,64-,65+/m1/s1. The molecule has 0 radical (unpaired) electrons. The highest BCUT2D eigenvalue weighted by atomic mass is 16.7. The number of rotatable bonds is 22. The van der Waals surface area contributed by atoms with Crippen LogP contribution in [0.3, 0.4) is 0 Å². The molecule has 572 valence electrons. The van der Waals surface area contributed by atoms with E-state index in [0.29, 0.717) is 17.9 Å². The Morgan fingerprint density at radius 2 is 1.08 bits per heavy atom. The molecule has 0 bridgehead atoms. The minimum Gasteiger partial charge on any atom is -0.489 e. The largest absolute Gasteiger partial charge is 0.489 e. The fourth-order valence-electron chi connectivity index (χ4n) is 12.9.